The van der Waals surface area contributed by atoms with Crippen molar-refractivity contribution in [3.63, 3.8) is 0 Å². The van der Waals surface area contributed by atoms with Gasteiger partial charge in [-0.2, -0.15) is 0 Å². The molecule has 0 aliphatic carbocycles. The Morgan fingerprint density at radius 2 is 2.60 bits per heavy atom. The highest BCUT2D eigenvalue weighted by Crippen LogP contribution is 2.11. The predicted molar refractivity (Wildman–Crippen MR) is 60.7 cm³/mol. The van der Waals surface area contributed by atoms with Crippen LogP contribution in [0, 0.1) is 0 Å². The molecule has 84 valence electrons. The van der Waals surface area contributed by atoms with Crippen LogP contribution in [0.3, 0.4) is 0 Å². The molecule has 0 amide bonds. The van der Waals surface area contributed by atoms with Crippen LogP contribution in [0.25, 0.3) is 0 Å². The Morgan fingerprint density at radius 1 is 1.67 bits per heavy atom. The number of nitrogens with zero attached hydrogens (tertiary/aromatic N) is 1. The van der Waals surface area contributed by atoms with Crippen LogP contribution >= 0.6 is 11.3 Å². The molecule has 5 heteroatoms. The van der Waals surface area contributed by atoms with Gasteiger partial charge >= 0.3 is 0 Å². The third-order valence-corrected chi connectivity index (χ3v) is 3.40. The molecule has 15 heavy (non-hydrogen) atoms. The van der Waals surface area contributed by atoms with Crippen molar-refractivity contribution >= 4 is 11.3 Å². The average molecular weight is 227 g/mol. The Balaban J connectivity index is 1.68. The van der Waals surface area contributed by atoms with Gasteiger partial charge in [-0.25, -0.2) is 4.98 Å². The van der Waals surface area contributed by atoms with Crippen LogP contribution in [0.15, 0.2) is 5.38 Å². The van der Waals surface area contributed by atoms with Gasteiger partial charge in [-0.05, 0) is 12.8 Å². The van der Waals surface area contributed by atoms with E-state index >= 15 is 0 Å². The Morgan fingerprint density at radius 3 is 3.27 bits per heavy atom. The molecular formula is C10H17N3OS. The summed E-state index contributed by atoms with van der Waals surface area (Å²) in [7, 11) is 0. The number of thiazole rings is 1. The summed E-state index contributed by atoms with van der Waals surface area (Å²) in [5.41, 5.74) is 6.58. The fraction of sp³-hybridized carbons (Fsp3) is 0.700. The largest absolute Gasteiger partial charge is 0.377 e. The molecule has 1 saturated heterocycles. The molecule has 0 bridgehead atoms. The highest BCUT2D eigenvalue weighted by Gasteiger charge is 2.14. The zero-order valence-electron chi connectivity index (χ0n) is 8.74. The van der Waals surface area contributed by atoms with Crippen LogP contribution < -0.4 is 11.1 Å². The average Bonchev–Trinajstić information content (AvgIpc) is 2.88. The minimum atomic E-state index is 0.401. The Kier molecular flexibility index (Phi) is 4.08. The number of aromatic nitrogens is 1. The summed E-state index contributed by atoms with van der Waals surface area (Å²) in [6, 6.07) is 0. The third-order valence-electron chi connectivity index (χ3n) is 2.48. The molecule has 0 saturated carbocycles. The van der Waals surface area contributed by atoms with E-state index in [2.05, 4.69) is 15.7 Å². The van der Waals surface area contributed by atoms with E-state index in [9.17, 15) is 0 Å². The molecule has 2 rings (SSSR count). The second-order valence-corrected chi connectivity index (χ2v) is 4.65. The highest BCUT2D eigenvalue weighted by atomic mass is 32.1. The fourth-order valence-electron chi connectivity index (χ4n) is 1.69. The van der Waals surface area contributed by atoms with E-state index < -0.39 is 0 Å². The smallest absolute Gasteiger partial charge is 0.106 e. The second kappa shape index (κ2) is 5.55. The maximum atomic E-state index is 5.52. The van der Waals surface area contributed by atoms with Gasteiger partial charge in [0.1, 0.15) is 5.01 Å². The van der Waals surface area contributed by atoms with Gasteiger partial charge in [-0.1, -0.05) is 0 Å². The van der Waals surface area contributed by atoms with E-state index in [0.29, 0.717) is 12.6 Å². The first kappa shape index (κ1) is 11.0. The van der Waals surface area contributed by atoms with E-state index in [1.54, 1.807) is 11.3 Å². The zero-order valence-corrected chi connectivity index (χ0v) is 9.55. The molecule has 1 atom stereocenters. The highest BCUT2D eigenvalue weighted by molar-refractivity contribution is 7.09. The molecule has 4 nitrogen and oxygen atoms in total. The number of hydrogen-bond donors (Lipinski definition) is 2. The molecule has 1 fully saturated rings. The van der Waals surface area contributed by atoms with Crippen molar-refractivity contribution in [2.24, 2.45) is 5.73 Å². The summed E-state index contributed by atoms with van der Waals surface area (Å²) in [6.45, 7) is 3.20. The Hall–Kier alpha value is -0.490. The fourth-order valence-corrected chi connectivity index (χ4v) is 2.36. The molecule has 0 radical (unpaired) electrons. The monoisotopic (exact) mass is 227 g/mol. The van der Waals surface area contributed by atoms with Crippen LogP contribution in [0.5, 0.6) is 0 Å². The molecule has 1 aliphatic heterocycles. The summed E-state index contributed by atoms with van der Waals surface area (Å²) in [5.74, 6) is 0. The minimum Gasteiger partial charge on any atom is -0.377 e. The van der Waals surface area contributed by atoms with E-state index in [0.717, 1.165) is 30.4 Å². The van der Waals surface area contributed by atoms with E-state index in [-0.39, 0.29) is 0 Å². The first-order valence-corrected chi connectivity index (χ1v) is 6.22. The van der Waals surface area contributed by atoms with E-state index in [1.807, 2.05) is 0 Å². The molecule has 1 aliphatic rings. The number of nitrogens with one attached hydrogen (secondary N) is 1. The number of ether oxygens (including phenoxy) is 1. The van der Waals surface area contributed by atoms with Crippen LogP contribution in [0.1, 0.15) is 23.5 Å². The van der Waals surface area contributed by atoms with Gasteiger partial charge < -0.3 is 15.8 Å². The Bertz CT molecular complexity index is 297. The minimum absolute atomic E-state index is 0.401. The summed E-state index contributed by atoms with van der Waals surface area (Å²) >= 11 is 1.62. The van der Waals surface area contributed by atoms with Crippen molar-refractivity contribution in [1.82, 2.24) is 10.3 Å². The summed E-state index contributed by atoms with van der Waals surface area (Å²) < 4.78 is 5.52. The number of rotatable bonds is 5. The quantitative estimate of drug-likeness (QED) is 0.783. The summed E-state index contributed by atoms with van der Waals surface area (Å²) in [6.07, 6.45) is 2.77. The molecule has 0 spiro atoms. The van der Waals surface area contributed by atoms with Crippen LogP contribution in [-0.2, 0) is 17.8 Å². The van der Waals surface area contributed by atoms with Gasteiger partial charge in [0.05, 0.1) is 11.8 Å². The van der Waals surface area contributed by atoms with Crippen LogP contribution in [0.2, 0.25) is 0 Å². The second-order valence-electron chi connectivity index (χ2n) is 3.70. The lowest BCUT2D eigenvalue weighted by molar-refractivity contribution is 0.110. The van der Waals surface area contributed by atoms with Crippen molar-refractivity contribution in [2.75, 3.05) is 13.2 Å². The van der Waals surface area contributed by atoms with Gasteiger partial charge in [-0.15, -0.1) is 11.3 Å². The SMILES string of the molecule is NCc1nc(CNCC2CCCO2)cs1. The normalized spacial score (nSPS) is 21.0. The lowest BCUT2D eigenvalue weighted by Crippen LogP contribution is -2.25. The summed E-state index contributed by atoms with van der Waals surface area (Å²) in [4.78, 5) is 4.38. The van der Waals surface area contributed by atoms with Crippen molar-refractivity contribution < 1.29 is 4.74 Å². The maximum Gasteiger partial charge on any atom is 0.106 e. The van der Waals surface area contributed by atoms with Crippen LogP contribution in [0.4, 0.5) is 0 Å². The number of nitrogens with two attached hydrogens (primary N) is 1. The van der Waals surface area contributed by atoms with Crippen molar-refractivity contribution in [1.29, 1.82) is 0 Å². The first-order chi connectivity index (χ1) is 7.38. The van der Waals surface area contributed by atoms with E-state index in [4.69, 9.17) is 10.5 Å². The lowest BCUT2D eigenvalue weighted by Gasteiger charge is -2.09. The zero-order chi connectivity index (χ0) is 10.5. The van der Waals surface area contributed by atoms with Gasteiger partial charge in [0.25, 0.3) is 0 Å². The Labute approximate surface area is 93.8 Å². The standard InChI is InChI=1S/C10H17N3OS/c11-4-10-13-8(7-15-10)5-12-6-9-2-1-3-14-9/h7,9,12H,1-6,11H2. The maximum absolute atomic E-state index is 5.52. The number of hydrogen-bond acceptors (Lipinski definition) is 5. The van der Waals surface area contributed by atoms with Crippen molar-refractivity contribution in [3.05, 3.63) is 16.1 Å². The predicted octanol–water partition coefficient (Wildman–Crippen LogP) is 0.870. The van der Waals surface area contributed by atoms with Crippen LogP contribution in [-0.4, -0.2) is 24.2 Å². The van der Waals surface area contributed by atoms with Gasteiger partial charge in [-0.3, -0.25) is 0 Å². The van der Waals surface area contributed by atoms with Gasteiger partial charge in [0, 0.05) is 31.6 Å². The summed E-state index contributed by atoms with van der Waals surface area (Å²) in [5, 5.41) is 6.42. The molecular weight excluding hydrogens is 210 g/mol. The topological polar surface area (TPSA) is 60.2 Å². The van der Waals surface area contributed by atoms with E-state index in [1.165, 1.54) is 12.8 Å². The molecule has 0 aromatic carbocycles. The lowest BCUT2D eigenvalue weighted by atomic mass is 10.2. The molecule has 1 aromatic heterocycles. The van der Waals surface area contributed by atoms with Gasteiger partial charge in [0.2, 0.25) is 0 Å². The molecule has 1 aromatic rings. The molecule has 1 unspecified atom stereocenters. The third kappa shape index (κ3) is 3.24. The molecule has 3 N–H and O–H groups in total. The molecule has 2 heterocycles. The van der Waals surface area contributed by atoms with Crippen molar-refractivity contribution in [3.8, 4) is 0 Å². The van der Waals surface area contributed by atoms with Gasteiger partial charge in [0.15, 0.2) is 0 Å². The van der Waals surface area contributed by atoms with Crippen molar-refractivity contribution in [2.45, 2.75) is 32.0 Å². The first-order valence-electron chi connectivity index (χ1n) is 5.34.